The summed E-state index contributed by atoms with van der Waals surface area (Å²) in [6.45, 7) is 0.940. The van der Waals surface area contributed by atoms with Gasteiger partial charge in [-0.2, -0.15) is 5.43 Å². The fourth-order valence-corrected chi connectivity index (χ4v) is 3.84. The van der Waals surface area contributed by atoms with Gasteiger partial charge in [0.25, 0.3) is 0 Å². The molecule has 0 bridgehead atoms. The number of rotatable bonds is 1. The summed E-state index contributed by atoms with van der Waals surface area (Å²) in [5.74, 6) is 0.602. The minimum absolute atomic E-state index is 0.0929. The quantitative estimate of drug-likeness (QED) is 0.416. The van der Waals surface area contributed by atoms with Crippen molar-refractivity contribution in [3.05, 3.63) is 5.21 Å². The first-order chi connectivity index (χ1) is 8.33. The number of nitrogens with zero attached hydrogens (tertiary/aromatic N) is 2. The monoisotopic (exact) mass is 238 g/mol. The van der Waals surface area contributed by atoms with Gasteiger partial charge in [0.1, 0.15) is 0 Å². The summed E-state index contributed by atoms with van der Waals surface area (Å²) in [7, 11) is 0. The molecule has 1 saturated heterocycles. The van der Waals surface area contributed by atoms with Gasteiger partial charge in [0.15, 0.2) is 5.54 Å². The maximum atomic E-state index is 11.8. The van der Waals surface area contributed by atoms with Crippen molar-refractivity contribution < 1.29 is 4.86 Å². The molecule has 2 heterocycles. The van der Waals surface area contributed by atoms with E-state index in [1.165, 1.54) is 38.5 Å². The number of nitrogens with one attached hydrogen (secondary N) is 2. The van der Waals surface area contributed by atoms with E-state index in [0.717, 1.165) is 24.2 Å². The van der Waals surface area contributed by atoms with Crippen molar-refractivity contribution in [1.82, 2.24) is 10.7 Å². The van der Waals surface area contributed by atoms with E-state index < -0.39 is 0 Å². The van der Waals surface area contributed by atoms with E-state index in [9.17, 15) is 5.21 Å². The molecule has 0 spiro atoms. The molecule has 96 valence electrons. The number of hydrogen-bond donors (Lipinski definition) is 2. The summed E-state index contributed by atoms with van der Waals surface area (Å²) >= 11 is 0. The average molecular weight is 238 g/mol. The highest BCUT2D eigenvalue weighted by Crippen LogP contribution is 2.40. The van der Waals surface area contributed by atoms with E-state index in [1.54, 1.807) is 0 Å². The van der Waals surface area contributed by atoms with Crippen molar-refractivity contribution in [2.75, 3.05) is 6.54 Å². The summed E-state index contributed by atoms with van der Waals surface area (Å²) in [6, 6.07) is 0. The molecule has 2 N–H and O–H groups in total. The van der Waals surface area contributed by atoms with Crippen LogP contribution in [0.3, 0.4) is 0 Å². The molecular formula is C12H22N4O. The largest absolute Gasteiger partial charge is 0.694 e. The smallest absolute Gasteiger partial charge is 0.217 e. The molecule has 0 aromatic carbocycles. The van der Waals surface area contributed by atoms with Gasteiger partial charge in [-0.3, -0.25) is 5.32 Å². The second-order valence-corrected chi connectivity index (χ2v) is 5.70. The van der Waals surface area contributed by atoms with Gasteiger partial charge in [0, 0.05) is 5.92 Å². The molecule has 0 amide bonds. The van der Waals surface area contributed by atoms with Crippen molar-refractivity contribution in [3.63, 3.8) is 0 Å². The van der Waals surface area contributed by atoms with Crippen LogP contribution in [0, 0.1) is 11.1 Å². The third-order valence-electron chi connectivity index (χ3n) is 4.75. The van der Waals surface area contributed by atoms with Crippen molar-refractivity contribution in [1.29, 1.82) is 0 Å². The van der Waals surface area contributed by atoms with Gasteiger partial charge in [-0.25, -0.2) is 0 Å². The fraction of sp³-hybridized carbons (Fsp3) is 1.00. The molecule has 3 rings (SSSR count). The van der Waals surface area contributed by atoms with Gasteiger partial charge in [0.05, 0.1) is 5.22 Å². The summed E-state index contributed by atoms with van der Waals surface area (Å²) in [6.07, 6.45) is 9.88. The third kappa shape index (κ3) is 1.80. The zero-order valence-corrected chi connectivity index (χ0v) is 10.3. The summed E-state index contributed by atoms with van der Waals surface area (Å²) < 4.78 is 0. The molecular weight excluding hydrogens is 216 g/mol. The highest BCUT2D eigenvalue weighted by Gasteiger charge is 2.56. The number of hydrogen-bond acceptors (Lipinski definition) is 4. The maximum absolute atomic E-state index is 11.8. The molecule has 3 aliphatic rings. The van der Waals surface area contributed by atoms with E-state index in [1.807, 2.05) is 0 Å². The lowest BCUT2D eigenvalue weighted by Crippen LogP contribution is -2.64. The molecule has 0 radical (unpaired) electrons. The van der Waals surface area contributed by atoms with Gasteiger partial charge in [-0.15, -0.1) is 4.86 Å². The lowest BCUT2D eigenvalue weighted by Gasteiger charge is -2.39. The first-order valence-corrected chi connectivity index (χ1v) is 7.00. The van der Waals surface area contributed by atoms with Crippen LogP contribution < -0.4 is 10.7 Å². The van der Waals surface area contributed by atoms with Crippen molar-refractivity contribution >= 4 is 0 Å². The molecule has 17 heavy (non-hydrogen) atoms. The first-order valence-electron chi connectivity index (χ1n) is 7.00. The first kappa shape index (κ1) is 11.3. The number of hydroxylamine groups is 1. The average Bonchev–Trinajstić information content (AvgIpc) is 2.58. The van der Waals surface area contributed by atoms with E-state index in [4.69, 9.17) is 0 Å². The van der Waals surface area contributed by atoms with E-state index >= 15 is 0 Å². The van der Waals surface area contributed by atoms with Gasteiger partial charge in [-0.05, 0) is 32.2 Å². The highest BCUT2D eigenvalue weighted by atomic mass is 16.5. The summed E-state index contributed by atoms with van der Waals surface area (Å²) in [4.78, 5) is 0.851. The summed E-state index contributed by atoms with van der Waals surface area (Å²) in [5, 5.41) is 19.0. The van der Waals surface area contributed by atoms with Gasteiger partial charge < -0.3 is 5.21 Å². The molecule has 2 fully saturated rings. The Kier molecular flexibility index (Phi) is 2.94. The summed E-state index contributed by atoms with van der Waals surface area (Å²) in [5.41, 5.74) is 3.10. The predicted molar refractivity (Wildman–Crippen MR) is 64.1 cm³/mol. The van der Waals surface area contributed by atoms with Crippen molar-refractivity contribution in [2.24, 2.45) is 11.1 Å². The second-order valence-electron chi connectivity index (χ2n) is 5.70. The zero-order chi connectivity index (χ0) is 11.7. The van der Waals surface area contributed by atoms with Gasteiger partial charge in [-0.1, -0.05) is 25.7 Å². The Bertz CT molecular complexity index is 312. The molecule has 1 saturated carbocycles. The van der Waals surface area contributed by atoms with Crippen LogP contribution in [-0.2, 0) is 0 Å². The van der Waals surface area contributed by atoms with Crippen molar-refractivity contribution in [2.45, 2.75) is 63.1 Å². The molecule has 2 unspecified atom stereocenters. The topological polar surface area (TPSA) is 62.5 Å². The lowest BCUT2D eigenvalue weighted by atomic mass is 9.73. The van der Waals surface area contributed by atoms with Gasteiger partial charge in [0.2, 0.25) is 6.17 Å². The Hall–Kier alpha value is -0.840. The van der Waals surface area contributed by atoms with Crippen LogP contribution in [0.15, 0.2) is 5.22 Å². The molecule has 2 atom stereocenters. The third-order valence-corrected chi connectivity index (χ3v) is 4.75. The number of fused-ring (bicyclic) bond motifs is 1. The molecule has 0 aromatic heterocycles. The minimum Gasteiger partial charge on any atom is -0.694 e. The maximum Gasteiger partial charge on any atom is 0.217 e. The Labute approximate surface area is 102 Å². The Morgan fingerprint density at radius 2 is 1.88 bits per heavy atom. The molecule has 0 aromatic rings. The minimum atomic E-state index is -0.139. The predicted octanol–water partition coefficient (Wildman–Crippen LogP) is 1.89. The van der Waals surface area contributed by atoms with Crippen LogP contribution in [0.2, 0.25) is 0 Å². The molecule has 1 aliphatic carbocycles. The molecule has 5 heteroatoms. The van der Waals surface area contributed by atoms with Crippen LogP contribution in [0.25, 0.3) is 0 Å². The normalized spacial score (nSPS) is 39.1. The molecule has 5 nitrogen and oxygen atoms in total. The van der Waals surface area contributed by atoms with Crippen LogP contribution in [0.1, 0.15) is 51.4 Å². The van der Waals surface area contributed by atoms with Crippen LogP contribution >= 0.6 is 0 Å². The number of piperidine rings is 1. The second kappa shape index (κ2) is 4.44. The van der Waals surface area contributed by atoms with E-state index in [0.29, 0.717) is 5.92 Å². The SMILES string of the molecule is [O-][N+]1=NNC2(C3CCCCCC3)CCCNC12. The Balaban J connectivity index is 1.82. The van der Waals surface area contributed by atoms with Crippen molar-refractivity contribution in [3.8, 4) is 0 Å². The highest BCUT2D eigenvalue weighted by molar-refractivity contribution is 5.02. The van der Waals surface area contributed by atoms with Crippen LogP contribution in [0.4, 0.5) is 0 Å². The van der Waals surface area contributed by atoms with Gasteiger partial charge >= 0.3 is 0 Å². The molecule has 2 aliphatic heterocycles. The standard InChI is InChI=1S/C12H22N4O/c17-16-11-12(14-15-16,8-5-9-13-11)10-6-3-1-2-4-7-10/h10-11,13-14H,1-9H2. The Morgan fingerprint density at radius 3 is 2.65 bits per heavy atom. The fourth-order valence-electron chi connectivity index (χ4n) is 3.84. The van der Waals surface area contributed by atoms with Crippen LogP contribution in [-0.4, -0.2) is 23.1 Å². The van der Waals surface area contributed by atoms with E-state index in [-0.39, 0.29) is 11.7 Å². The zero-order valence-electron chi connectivity index (χ0n) is 10.3. The Morgan fingerprint density at radius 1 is 1.12 bits per heavy atom. The lowest BCUT2D eigenvalue weighted by molar-refractivity contribution is -0.568. The van der Waals surface area contributed by atoms with E-state index in [2.05, 4.69) is 16.0 Å². The van der Waals surface area contributed by atoms with Crippen LogP contribution in [0.5, 0.6) is 0 Å².